The molecule has 0 unspecified atom stereocenters. The molecule has 0 amide bonds. The number of hydrogen-bond acceptors (Lipinski definition) is 5. The van der Waals surface area contributed by atoms with Gasteiger partial charge in [0.25, 0.3) is 0 Å². The summed E-state index contributed by atoms with van der Waals surface area (Å²) in [6, 6.07) is 6.33. The van der Waals surface area contributed by atoms with Crippen LogP contribution in [0.4, 0.5) is 5.82 Å². The summed E-state index contributed by atoms with van der Waals surface area (Å²) < 4.78 is 6.90. The Bertz CT molecular complexity index is 683. The number of piperidine rings is 1. The largest absolute Gasteiger partial charge is 0.462 e. The Morgan fingerprint density at radius 3 is 3.09 bits per heavy atom. The van der Waals surface area contributed by atoms with Crippen molar-refractivity contribution in [1.29, 1.82) is 0 Å². The minimum atomic E-state index is -0.313. The smallest absolute Gasteiger partial charge is 0.341 e. The summed E-state index contributed by atoms with van der Waals surface area (Å²) in [5.74, 6) is 0.694. The zero-order chi connectivity index (χ0) is 16.2. The van der Waals surface area contributed by atoms with E-state index in [9.17, 15) is 4.79 Å². The number of rotatable bonds is 4. The molecule has 0 radical (unpaired) electrons. The second-order valence-corrected chi connectivity index (χ2v) is 5.81. The summed E-state index contributed by atoms with van der Waals surface area (Å²) in [6.45, 7) is 6.03. The van der Waals surface area contributed by atoms with Crippen LogP contribution in [0.3, 0.4) is 0 Å². The van der Waals surface area contributed by atoms with E-state index in [-0.39, 0.29) is 12.0 Å². The SMILES string of the molecule is CCOC(=O)c1cnn([C@H]2CCCN(c3cccc(C)n3)C2)c1. The average Bonchev–Trinajstić information content (AvgIpc) is 3.05. The molecule has 0 saturated carbocycles. The van der Waals surface area contributed by atoms with E-state index in [1.54, 1.807) is 19.3 Å². The van der Waals surface area contributed by atoms with Gasteiger partial charge in [-0.25, -0.2) is 9.78 Å². The van der Waals surface area contributed by atoms with Gasteiger partial charge < -0.3 is 9.64 Å². The first-order valence-electron chi connectivity index (χ1n) is 8.07. The summed E-state index contributed by atoms with van der Waals surface area (Å²) in [7, 11) is 0. The topological polar surface area (TPSA) is 60.2 Å². The molecule has 1 fully saturated rings. The van der Waals surface area contributed by atoms with Crippen molar-refractivity contribution in [3.8, 4) is 0 Å². The lowest BCUT2D eigenvalue weighted by Crippen LogP contribution is -2.37. The number of carbonyl (C=O) groups is 1. The van der Waals surface area contributed by atoms with Gasteiger partial charge in [-0.1, -0.05) is 6.07 Å². The van der Waals surface area contributed by atoms with Crippen molar-refractivity contribution >= 4 is 11.8 Å². The lowest BCUT2D eigenvalue weighted by atomic mass is 10.1. The first kappa shape index (κ1) is 15.5. The van der Waals surface area contributed by atoms with Crippen molar-refractivity contribution in [2.24, 2.45) is 0 Å². The van der Waals surface area contributed by atoms with Crippen LogP contribution in [0.2, 0.25) is 0 Å². The number of aryl methyl sites for hydroxylation is 1. The number of ether oxygens (including phenoxy) is 1. The van der Waals surface area contributed by atoms with Crippen LogP contribution in [-0.4, -0.2) is 40.4 Å². The van der Waals surface area contributed by atoms with Crippen molar-refractivity contribution in [2.75, 3.05) is 24.6 Å². The summed E-state index contributed by atoms with van der Waals surface area (Å²) in [6.07, 6.45) is 5.50. The van der Waals surface area contributed by atoms with Gasteiger partial charge >= 0.3 is 5.97 Å². The molecular formula is C17H22N4O2. The van der Waals surface area contributed by atoms with E-state index in [4.69, 9.17) is 4.74 Å². The number of pyridine rings is 1. The predicted molar refractivity (Wildman–Crippen MR) is 87.6 cm³/mol. The molecular weight excluding hydrogens is 292 g/mol. The number of carbonyl (C=O) groups excluding carboxylic acids is 1. The Morgan fingerprint density at radius 1 is 1.43 bits per heavy atom. The molecule has 0 spiro atoms. The Labute approximate surface area is 136 Å². The molecule has 2 aromatic heterocycles. The molecule has 1 aliphatic rings. The molecule has 23 heavy (non-hydrogen) atoms. The predicted octanol–water partition coefficient (Wildman–Crippen LogP) is 2.60. The fourth-order valence-electron chi connectivity index (χ4n) is 2.94. The Hall–Kier alpha value is -2.37. The lowest BCUT2D eigenvalue weighted by molar-refractivity contribution is 0.0526. The maximum Gasteiger partial charge on any atom is 0.341 e. The van der Waals surface area contributed by atoms with Gasteiger partial charge in [0.2, 0.25) is 0 Å². The van der Waals surface area contributed by atoms with Gasteiger partial charge in [0, 0.05) is 25.0 Å². The number of anilines is 1. The molecule has 0 bridgehead atoms. The molecule has 1 saturated heterocycles. The van der Waals surface area contributed by atoms with Gasteiger partial charge in [0.05, 0.1) is 24.4 Å². The van der Waals surface area contributed by atoms with Crippen molar-refractivity contribution < 1.29 is 9.53 Å². The normalized spacial score (nSPS) is 18.0. The quantitative estimate of drug-likeness (QED) is 0.812. The molecule has 3 rings (SSSR count). The van der Waals surface area contributed by atoms with Crippen LogP contribution < -0.4 is 4.90 Å². The van der Waals surface area contributed by atoms with Crippen molar-refractivity contribution in [3.05, 3.63) is 41.9 Å². The number of nitrogens with zero attached hydrogens (tertiary/aromatic N) is 4. The van der Waals surface area contributed by atoms with Crippen LogP contribution in [0, 0.1) is 6.92 Å². The molecule has 3 heterocycles. The van der Waals surface area contributed by atoms with E-state index in [0.717, 1.165) is 37.4 Å². The Kier molecular flexibility index (Phi) is 4.60. The lowest BCUT2D eigenvalue weighted by Gasteiger charge is -2.33. The fraction of sp³-hybridized carbons (Fsp3) is 0.471. The van der Waals surface area contributed by atoms with Crippen molar-refractivity contribution in [3.63, 3.8) is 0 Å². The first-order valence-corrected chi connectivity index (χ1v) is 8.07. The summed E-state index contributed by atoms with van der Waals surface area (Å²) >= 11 is 0. The number of hydrogen-bond donors (Lipinski definition) is 0. The van der Waals surface area contributed by atoms with Gasteiger partial charge in [-0.2, -0.15) is 5.10 Å². The van der Waals surface area contributed by atoms with E-state index >= 15 is 0 Å². The highest BCUT2D eigenvalue weighted by Crippen LogP contribution is 2.25. The average molecular weight is 314 g/mol. The Morgan fingerprint density at radius 2 is 2.30 bits per heavy atom. The van der Waals surface area contributed by atoms with Gasteiger partial charge in [-0.05, 0) is 38.8 Å². The van der Waals surface area contributed by atoms with E-state index in [0.29, 0.717) is 12.2 Å². The van der Waals surface area contributed by atoms with Crippen LogP contribution in [0.15, 0.2) is 30.6 Å². The highest BCUT2D eigenvalue weighted by Gasteiger charge is 2.23. The summed E-state index contributed by atoms with van der Waals surface area (Å²) in [5, 5.41) is 4.36. The van der Waals surface area contributed by atoms with E-state index in [1.807, 2.05) is 29.8 Å². The highest BCUT2D eigenvalue weighted by molar-refractivity contribution is 5.88. The maximum atomic E-state index is 11.8. The van der Waals surface area contributed by atoms with Gasteiger partial charge in [0.1, 0.15) is 5.82 Å². The number of aromatic nitrogens is 3. The Balaban J connectivity index is 1.72. The third kappa shape index (κ3) is 3.52. The maximum absolute atomic E-state index is 11.8. The molecule has 0 N–H and O–H groups in total. The molecule has 0 aliphatic carbocycles. The van der Waals surface area contributed by atoms with Crippen LogP contribution in [0.1, 0.15) is 41.9 Å². The molecule has 0 aromatic carbocycles. The van der Waals surface area contributed by atoms with Gasteiger partial charge in [0.15, 0.2) is 0 Å². The minimum Gasteiger partial charge on any atom is -0.462 e. The molecule has 6 nitrogen and oxygen atoms in total. The fourth-order valence-corrected chi connectivity index (χ4v) is 2.94. The second kappa shape index (κ2) is 6.81. The third-order valence-corrected chi connectivity index (χ3v) is 4.08. The number of esters is 1. The first-order chi connectivity index (χ1) is 11.2. The second-order valence-electron chi connectivity index (χ2n) is 5.81. The zero-order valence-electron chi connectivity index (χ0n) is 13.6. The monoisotopic (exact) mass is 314 g/mol. The van der Waals surface area contributed by atoms with Gasteiger partial charge in [-0.15, -0.1) is 0 Å². The minimum absolute atomic E-state index is 0.245. The summed E-state index contributed by atoms with van der Waals surface area (Å²) in [5.41, 5.74) is 1.53. The highest BCUT2D eigenvalue weighted by atomic mass is 16.5. The van der Waals surface area contributed by atoms with E-state index in [2.05, 4.69) is 15.0 Å². The van der Waals surface area contributed by atoms with Crippen LogP contribution >= 0.6 is 0 Å². The van der Waals surface area contributed by atoms with E-state index < -0.39 is 0 Å². The van der Waals surface area contributed by atoms with E-state index in [1.165, 1.54) is 0 Å². The van der Waals surface area contributed by atoms with Crippen molar-refractivity contribution in [1.82, 2.24) is 14.8 Å². The summed E-state index contributed by atoms with van der Waals surface area (Å²) in [4.78, 5) is 18.7. The van der Waals surface area contributed by atoms with Crippen LogP contribution in [0.5, 0.6) is 0 Å². The van der Waals surface area contributed by atoms with Crippen LogP contribution in [-0.2, 0) is 4.74 Å². The third-order valence-electron chi connectivity index (χ3n) is 4.08. The molecule has 6 heteroatoms. The zero-order valence-corrected chi connectivity index (χ0v) is 13.6. The van der Waals surface area contributed by atoms with Gasteiger partial charge in [-0.3, -0.25) is 4.68 Å². The van der Waals surface area contributed by atoms with Crippen LogP contribution in [0.25, 0.3) is 0 Å². The van der Waals surface area contributed by atoms with Crippen molar-refractivity contribution in [2.45, 2.75) is 32.7 Å². The molecule has 1 aliphatic heterocycles. The molecule has 122 valence electrons. The molecule has 2 aromatic rings. The standard InChI is InChI=1S/C17H22N4O2/c1-3-23-17(22)14-10-18-21(11-14)15-7-5-9-20(12-15)16-8-4-6-13(2)19-16/h4,6,8,10-11,15H,3,5,7,9,12H2,1-2H3/t15-/m0/s1. The molecule has 1 atom stereocenters.